The normalized spacial score (nSPS) is 22.9. The van der Waals surface area contributed by atoms with Gasteiger partial charge in [-0.15, -0.1) is 0 Å². The summed E-state index contributed by atoms with van der Waals surface area (Å²) in [6.45, 7) is 3.97. The summed E-state index contributed by atoms with van der Waals surface area (Å²) in [5.41, 5.74) is 7.97. The molecule has 2 aliphatic heterocycles. The number of amides is 1. The van der Waals surface area contributed by atoms with Crippen LogP contribution >= 0.6 is 0 Å². The Bertz CT molecular complexity index is 492. The van der Waals surface area contributed by atoms with Gasteiger partial charge in [0.1, 0.15) is 0 Å². The first-order chi connectivity index (χ1) is 9.78. The van der Waals surface area contributed by atoms with Gasteiger partial charge in [0.05, 0.1) is 19.3 Å². The molecule has 1 atom stereocenters. The van der Waals surface area contributed by atoms with Gasteiger partial charge in [-0.2, -0.15) is 0 Å². The highest BCUT2D eigenvalue weighted by molar-refractivity contribution is 5.96. The summed E-state index contributed by atoms with van der Waals surface area (Å²) >= 11 is 0. The molecular formula is C15H21N3O2. The molecule has 5 heteroatoms. The second-order valence-electron chi connectivity index (χ2n) is 5.39. The van der Waals surface area contributed by atoms with Gasteiger partial charge in [-0.1, -0.05) is 18.2 Å². The molecule has 1 aromatic rings. The van der Waals surface area contributed by atoms with E-state index in [-0.39, 0.29) is 12.0 Å². The molecule has 2 heterocycles. The second kappa shape index (κ2) is 5.91. The van der Waals surface area contributed by atoms with Crippen LogP contribution in [0.15, 0.2) is 24.3 Å². The molecule has 0 saturated carbocycles. The fourth-order valence-corrected chi connectivity index (χ4v) is 2.94. The highest BCUT2D eigenvalue weighted by atomic mass is 16.5. The Morgan fingerprint density at radius 1 is 1.35 bits per heavy atom. The number of anilines is 1. The molecule has 1 saturated heterocycles. The monoisotopic (exact) mass is 275 g/mol. The maximum atomic E-state index is 12.5. The van der Waals surface area contributed by atoms with E-state index in [1.54, 1.807) is 0 Å². The molecule has 20 heavy (non-hydrogen) atoms. The van der Waals surface area contributed by atoms with Gasteiger partial charge in [0.2, 0.25) is 5.91 Å². The van der Waals surface area contributed by atoms with Crippen LogP contribution in [0.1, 0.15) is 5.56 Å². The van der Waals surface area contributed by atoms with Crippen LogP contribution in [-0.2, 0) is 16.0 Å². The molecule has 3 rings (SSSR count). The number of benzene rings is 1. The molecule has 2 aliphatic rings. The van der Waals surface area contributed by atoms with Crippen molar-refractivity contribution in [3.8, 4) is 0 Å². The standard InChI is InChI=1S/C15H21N3O2/c16-9-13-10-17(7-8-20-13)11-15(19)18-6-5-12-3-1-2-4-14(12)18/h1-4,13H,5-11,16H2. The minimum Gasteiger partial charge on any atom is -0.374 e. The first-order valence-corrected chi connectivity index (χ1v) is 7.20. The van der Waals surface area contributed by atoms with Crippen LogP contribution in [0, 0.1) is 0 Å². The van der Waals surface area contributed by atoms with Crippen molar-refractivity contribution < 1.29 is 9.53 Å². The molecule has 108 valence electrons. The van der Waals surface area contributed by atoms with Crippen molar-refractivity contribution in [2.45, 2.75) is 12.5 Å². The zero-order valence-electron chi connectivity index (χ0n) is 11.6. The molecule has 1 aromatic carbocycles. The smallest absolute Gasteiger partial charge is 0.241 e. The fourth-order valence-electron chi connectivity index (χ4n) is 2.94. The van der Waals surface area contributed by atoms with Crippen LogP contribution < -0.4 is 10.6 Å². The maximum absolute atomic E-state index is 12.5. The summed E-state index contributed by atoms with van der Waals surface area (Å²) in [5.74, 6) is 0.174. The summed E-state index contributed by atoms with van der Waals surface area (Å²) in [6, 6.07) is 8.15. The molecule has 0 aliphatic carbocycles. The van der Waals surface area contributed by atoms with E-state index in [1.807, 2.05) is 23.1 Å². The van der Waals surface area contributed by atoms with Gasteiger partial charge in [0.15, 0.2) is 0 Å². The Balaban J connectivity index is 1.63. The van der Waals surface area contributed by atoms with Gasteiger partial charge in [0, 0.05) is 31.9 Å². The number of para-hydroxylation sites is 1. The van der Waals surface area contributed by atoms with E-state index in [1.165, 1.54) is 5.56 Å². The molecule has 2 N–H and O–H groups in total. The van der Waals surface area contributed by atoms with Crippen LogP contribution in [0.25, 0.3) is 0 Å². The van der Waals surface area contributed by atoms with Gasteiger partial charge >= 0.3 is 0 Å². The third-order valence-electron chi connectivity index (χ3n) is 4.03. The van der Waals surface area contributed by atoms with E-state index in [2.05, 4.69) is 11.0 Å². The lowest BCUT2D eigenvalue weighted by Crippen LogP contribution is -2.49. The molecular weight excluding hydrogens is 254 g/mol. The molecule has 1 amide bonds. The molecule has 1 fully saturated rings. The lowest BCUT2D eigenvalue weighted by atomic mass is 10.2. The van der Waals surface area contributed by atoms with E-state index in [4.69, 9.17) is 10.5 Å². The Hall–Kier alpha value is -1.43. The number of nitrogens with two attached hydrogens (primary N) is 1. The summed E-state index contributed by atoms with van der Waals surface area (Å²) in [5, 5.41) is 0. The summed E-state index contributed by atoms with van der Waals surface area (Å²) < 4.78 is 5.53. The molecule has 0 aromatic heterocycles. The quantitative estimate of drug-likeness (QED) is 0.858. The van der Waals surface area contributed by atoms with Crippen LogP contribution in [0.4, 0.5) is 5.69 Å². The molecule has 0 radical (unpaired) electrons. The van der Waals surface area contributed by atoms with E-state index < -0.39 is 0 Å². The number of hydrogen-bond acceptors (Lipinski definition) is 4. The Morgan fingerprint density at radius 3 is 3.05 bits per heavy atom. The topological polar surface area (TPSA) is 58.8 Å². The number of ether oxygens (including phenoxy) is 1. The highest BCUT2D eigenvalue weighted by Crippen LogP contribution is 2.27. The number of nitrogens with zero attached hydrogens (tertiary/aromatic N) is 2. The number of fused-ring (bicyclic) bond motifs is 1. The highest BCUT2D eigenvalue weighted by Gasteiger charge is 2.27. The van der Waals surface area contributed by atoms with Crippen LogP contribution in [0.3, 0.4) is 0 Å². The minimum absolute atomic E-state index is 0.0578. The fraction of sp³-hybridized carbons (Fsp3) is 0.533. The SMILES string of the molecule is NCC1CN(CC(=O)N2CCc3ccccc32)CCO1. The molecule has 1 unspecified atom stereocenters. The number of carbonyl (C=O) groups is 1. The first-order valence-electron chi connectivity index (χ1n) is 7.20. The average Bonchev–Trinajstić information content (AvgIpc) is 2.91. The predicted octanol–water partition coefficient (Wildman–Crippen LogP) is 0.235. The van der Waals surface area contributed by atoms with Crippen molar-refractivity contribution in [3.05, 3.63) is 29.8 Å². The Morgan fingerprint density at radius 2 is 2.20 bits per heavy atom. The van der Waals surface area contributed by atoms with Gasteiger partial charge in [-0.25, -0.2) is 0 Å². The van der Waals surface area contributed by atoms with Crippen LogP contribution in [-0.4, -0.2) is 56.2 Å². The predicted molar refractivity (Wildman–Crippen MR) is 77.7 cm³/mol. The average molecular weight is 275 g/mol. The molecule has 0 spiro atoms. The van der Waals surface area contributed by atoms with Gasteiger partial charge in [-0.05, 0) is 18.1 Å². The van der Waals surface area contributed by atoms with Crippen molar-refractivity contribution in [1.82, 2.24) is 4.90 Å². The van der Waals surface area contributed by atoms with Crippen LogP contribution in [0.2, 0.25) is 0 Å². The number of hydrogen-bond donors (Lipinski definition) is 1. The summed E-state index contributed by atoms with van der Waals surface area (Å²) in [6.07, 6.45) is 1.01. The van der Waals surface area contributed by atoms with Crippen molar-refractivity contribution in [1.29, 1.82) is 0 Å². The molecule has 0 bridgehead atoms. The Labute approximate surface area is 119 Å². The van der Waals surface area contributed by atoms with Gasteiger partial charge in [-0.3, -0.25) is 9.69 Å². The largest absolute Gasteiger partial charge is 0.374 e. The van der Waals surface area contributed by atoms with E-state index in [9.17, 15) is 4.79 Å². The van der Waals surface area contributed by atoms with Gasteiger partial charge < -0.3 is 15.4 Å². The zero-order valence-corrected chi connectivity index (χ0v) is 11.6. The lowest BCUT2D eigenvalue weighted by Gasteiger charge is -2.32. The van der Waals surface area contributed by atoms with E-state index >= 15 is 0 Å². The maximum Gasteiger partial charge on any atom is 0.241 e. The number of morpholine rings is 1. The van der Waals surface area contributed by atoms with Crippen molar-refractivity contribution in [2.24, 2.45) is 5.73 Å². The number of rotatable bonds is 3. The van der Waals surface area contributed by atoms with Gasteiger partial charge in [0.25, 0.3) is 0 Å². The lowest BCUT2D eigenvalue weighted by molar-refractivity contribution is -0.121. The van der Waals surface area contributed by atoms with E-state index in [0.717, 1.165) is 31.7 Å². The third-order valence-corrected chi connectivity index (χ3v) is 4.03. The summed E-state index contributed by atoms with van der Waals surface area (Å²) in [4.78, 5) is 16.5. The first kappa shape index (κ1) is 13.5. The minimum atomic E-state index is 0.0578. The summed E-state index contributed by atoms with van der Waals surface area (Å²) in [7, 11) is 0. The van der Waals surface area contributed by atoms with Crippen molar-refractivity contribution >= 4 is 11.6 Å². The van der Waals surface area contributed by atoms with E-state index in [0.29, 0.717) is 19.7 Å². The number of carbonyl (C=O) groups excluding carboxylic acids is 1. The van der Waals surface area contributed by atoms with Crippen molar-refractivity contribution in [3.63, 3.8) is 0 Å². The molecule has 5 nitrogen and oxygen atoms in total. The van der Waals surface area contributed by atoms with Crippen LogP contribution in [0.5, 0.6) is 0 Å². The second-order valence-corrected chi connectivity index (χ2v) is 5.39. The van der Waals surface area contributed by atoms with Crippen molar-refractivity contribution in [2.75, 3.05) is 44.2 Å². The third kappa shape index (κ3) is 2.70. The zero-order chi connectivity index (χ0) is 13.9. The Kier molecular flexibility index (Phi) is 4.00.